The Balaban J connectivity index is 2.01. The van der Waals surface area contributed by atoms with Crippen molar-refractivity contribution in [2.45, 2.75) is 19.4 Å². The van der Waals surface area contributed by atoms with Gasteiger partial charge in [-0.3, -0.25) is 0 Å². The van der Waals surface area contributed by atoms with Crippen LogP contribution >= 0.6 is 54.5 Å². The van der Waals surface area contributed by atoms with Crippen molar-refractivity contribution in [3.63, 3.8) is 0 Å². The monoisotopic (exact) mass is 443 g/mol. The van der Waals surface area contributed by atoms with Gasteiger partial charge >= 0.3 is 0 Å². The second-order valence-electron chi connectivity index (χ2n) is 4.84. The fraction of sp³-hybridized carbons (Fsp3) is 0.250. The van der Waals surface area contributed by atoms with Crippen molar-refractivity contribution in [1.29, 1.82) is 0 Å². The molecule has 0 amide bonds. The summed E-state index contributed by atoms with van der Waals surface area (Å²) in [4.78, 5) is 2.72. The third-order valence-electron chi connectivity index (χ3n) is 3.28. The fourth-order valence-corrected chi connectivity index (χ4v) is 5.70. The van der Waals surface area contributed by atoms with E-state index in [1.807, 2.05) is 11.3 Å². The van der Waals surface area contributed by atoms with Crippen LogP contribution in [0, 0.1) is 0 Å². The highest BCUT2D eigenvalue weighted by Gasteiger charge is 2.19. The van der Waals surface area contributed by atoms with Crippen LogP contribution in [0.15, 0.2) is 44.7 Å². The van der Waals surface area contributed by atoms with Crippen LogP contribution in [0.2, 0.25) is 0 Å². The van der Waals surface area contributed by atoms with Crippen molar-refractivity contribution in [3.8, 4) is 0 Å². The van der Waals surface area contributed by atoms with Crippen molar-refractivity contribution in [2.24, 2.45) is 0 Å². The van der Waals surface area contributed by atoms with E-state index in [1.165, 1.54) is 19.8 Å². The average Bonchev–Trinajstić information content (AvgIpc) is 3.04. The van der Waals surface area contributed by atoms with E-state index in [0.717, 1.165) is 21.2 Å². The first-order valence-electron chi connectivity index (χ1n) is 6.85. The van der Waals surface area contributed by atoms with Crippen molar-refractivity contribution in [3.05, 3.63) is 54.4 Å². The molecular weight excluding hydrogens is 430 g/mol. The normalized spacial score (nSPS) is 12.9. The van der Waals surface area contributed by atoms with Crippen molar-refractivity contribution in [2.75, 3.05) is 6.54 Å². The summed E-state index contributed by atoms with van der Waals surface area (Å²) in [5.74, 6) is 0. The quantitative estimate of drug-likeness (QED) is 0.468. The van der Waals surface area contributed by atoms with Crippen LogP contribution in [-0.4, -0.2) is 6.54 Å². The Morgan fingerprint density at radius 3 is 2.52 bits per heavy atom. The molecular formula is C16H15Br2NS2. The van der Waals surface area contributed by atoms with E-state index in [0.29, 0.717) is 0 Å². The molecule has 0 aliphatic rings. The Labute approximate surface area is 149 Å². The first-order chi connectivity index (χ1) is 10.2. The minimum absolute atomic E-state index is 0.273. The standard InChI is InChI=1S/C16H15Br2NS2/c1-2-7-19-15(14-9-11(17)16(18)21-14)13-8-10-5-3-4-6-12(10)20-13/h3-6,8-9,15,19H,2,7H2,1H3. The van der Waals surface area contributed by atoms with E-state index in [-0.39, 0.29) is 6.04 Å². The number of hydrogen-bond donors (Lipinski definition) is 1. The topological polar surface area (TPSA) is 12.0 Å². The molecule has 2 aromatic heterocycles. The molecule has 1 nitrogen and oxygen atoms in total. The summed E-state index contributed by atoms with van der Waals surface area (Å²) in [6.07, 6.45) is 1.13. The molecule has 0 saturated carbocycles. The maximum atomic E-state index is 3.68. The molecule has 1 atom stereocenters. The zero-order valence-corrected chi connectivity index (χ0v) is 16.3. The van der Waals surface area contributed by atoms with Crippen molar-refractivity contribution >= 4 is 64.6 Å². The highest BCUT2D eigenvalue weighted by Crippen LogP contribution is 2.40. The second-order valence-corrected chi connectivity index (χ2v) is 9.22. The largest absolute Gasteiger partial charge is 0.305 e. The third kappa shape index (κ3) is 3.42. The number of rotatable bonds is 5. The van der Waals surface area contributed by atoms with E-state index in [1.54, 1.807) is 11.3 Å². The van der Waals surface area contributed by atoms with E-state index < -0.39 is 0 Å². The van der Waals surface area contributed by atoms with Gasteiger partial charge in [-0.05, 0) is 68.4 Å². The SMILES string of the molecule is CCCNC(c1cc(Br)c(Br)s1)c1cc2ccccc2s1. The summed E-state index contributed by atoms with van der Waals surface area (Å²) in [5, 5.41) is 5.01. The highest BCUT2D eigenvalue weighted by atomic mass is 79.9. The fourth-order valence-electron chi connectivity index (χ4n) is 2.28. The maximum Gasteiger partial charge on any atom is 0.0843 e. The Morgan fingerprint density at radius 1 is 1.10 bits per heavy atom. The summed E-state index contributed by atoms with van der Waals surface area (Å²) >= 11 is 10.9. The van der Waals surface area contributed by atoms with Gasteiger partial charge in [0.1, 0.15) is 0 Å². The van der Waals surface area contributed by atoms with Crippen molar-refractivity contribution < 1.29 is 0 Å². The molecule has 2 heterocycles. The molecule has 0 radical (unpaired) electrons. The van der Waals surface area contributed by atoms with Gasteiger partial charge in [0.25, 0.3) is 0 Å². The molecule has 110 valence electrons. The van der Waals surface area contributed by atoms with Crippen LogP contribution in [0.25, 0.3) is 10.1 Å². The molecule has 0 fully saturated rings. The Morgan fingerprint density at radius 2 is 1.86 bits per heavy atom. The highest BCUT2D eigenvalue weighted by molar-refractivity contribution is 9.13. The Bertz CT molecular complexity index is 695. The number of thiophene rings is 2. The lowest BCUT2D eigenvalue weighted by atomic mass is 10.1. The molecule has 0 aliphatic heterocycles. The summed E-state index contributed by atoms with van der Waals surface area (Å²) in [6.45, 7) is 3.22. The molecule has 1 N–H and O–H groups in total. The van der Waals surface area contributed by atoms with Gasteiger partial charge in [0.15, 0.2) is 0 Å². The van der Waals surface area contributed by atoms with Crippen LogP contribution < -0.4 is 5.32 Å². The summed E-state index contributed by atoms with van der Waals surface area (Å²) in [5.41, 5.74) is 0. The molecule has 3 aromatic rings. The number of halogens is 2. The number of benzene rings is 1. The molecule has 21 heavy (non-hydrogen) atoms. The van der Waals surface area contributed by atoms with Crippen LogP contribution in [0.4, 0.5) is 0 Å². The van der Waals surface area contributed by atoms with Crippen molar-refractivity contribution in [1.82, 2.24) is 5.32 Å². The predicted octanol–water partition coefficient (Wildman–Crippen LogP) is 6.58. The van der Waals surface area contributed by atoms with Crippen LogP contribution in [0.3, 0.4) is 0 Å². The van der Waals surface area contributed by atoms with Gasteiger partial charge in [0.2, 0.25) is 0 Å². The van der Waals surface area contributed by atoms with Gasteiger partial charge in [0.05, 0.1) is 9.83 Å². The minimum Gasteiger partial charge on any atom is -0.305 e. The molecule has 3 rings (SSSR count). The number of fused-ring (bicyclic) bond motifs is 1. The van der Waals surface area contributed by atoms with E-state index in [9.17, 15) is 0 Å². The summed E-state index contributed by atoms with van der Waals surface area (Å²) in [7, 11) is 0. The van der Waals surface area contributed by atoms with Gasteiger partial charge in [-0.1, -0.05) is 25.1 Å². The summed E-state index contributed by atoms with van der Waals surface area (Å²) < 4.78 is 3.64. The van der Waals surface area contributed by atoms with Gasteiger partial charge in [0, 0.05) is 18.9 Å². The molecule has 0 aliphatic carbocycles. The molecule has 0 saturated heterocycles. The van der Waals surface area contributed by atoms with Gasteiger partial charge in [-0.15, -0.1) is 22.7 Å². The lowest BCUT2D eigenvalue weighted by molar-refractivity contribution is 0.613. The smallest absolute Gasteiger partial charge is 0.0843 e. The first-order valence-corrected chi connectivity index (χ1v) is 10.1. The number of hydrogen-bond acceptors (Lipinski definition) is 3. The van der Waals surface area contributed by atoms with Gasteiger partial charge in [-0.25, -0.2) is 0 Å². The molecule has 1 unspecified atom stereocenters. The number of nitrogens with one attached hydrogen (secondary N) is 1. The van der Waals surface area contributed by atoms with Crippen LogP contribution in [-0.2, 0) is 0 Å². The van der Waals surface area contributed by atoms with Gasteiger partial charge in [-0.2, -0.15) is 0 Å². The van der Waals surface area contributed by atoms with E-state index >= 15 is 0 Å². The first kappa shape index (κ1) is 15.7. The second kappa shape index (κ2) is 6.92. The van der Waals surface area contributed by atoms with E-state index in [2.05, 4.69) is 80.5 Å². The predicted molar refractivity (Wildman–Crippen MR) is 102 cm³/mol. The summed E-state index contributed by atoms with van der Waals surface area (Å²) in [6, 6.07) is 13.4. The Kier molecular flexibility index (Phi) is 5.17. The minimum atomic E-state index is 0.273. The van der Waals surface area contributed by atoms with E-state index in [4.69, 9.17) is 0 Å². The average molecular weight is 445 g/mol. The molecule has 0 bridgehead atoms. The lowest BCUT2D eigenvalue weighted by Gasteiger charge is -2.15. The zero-order valence-electron chi connectivity index (χ0n) is 11.5. The zero-order chi connectivity index (χ0) is 14.8. The molecule has 0 spiro atoms. The Hall–Kier alpha value is -0.200. The molecule has 5 heteroatoms. The van der Waals surface area contributed by atoms with Crippen LogP contribution in [0.5, 0.6) is 0 Å². The van der Waals surface area contributed by atoms with Crippen LogP contribution in [0.1, 0.15) is 29.1 Å². The molecule has 1 aromatic carbocycles. The maximum absolute atomic E-state index is 3.68. The third-order valence-corrected chi connectivity index (χ3v) is 7.78. The lowest BCUT2D eigenvalue weighted by Crippen LogP contribution is -2.21. The van der Waals surface area contributed by atoms with Gasteiger partial charge < -0.3 is 5.32 Å².